The van der Waals surface area contributed by atoms with Gasteiger partial charge in [-0.3, -0.25) is 0 Å². The van der Waals surface area contributed by atoms with Crippen molar-refractivity contribution in [3.63, 3.8) is 0 Å². The number of hydrogen-bond donors (Lipinski definition) is 0. The first-order chi connectivity index (χ1) is 5.15. The molecule has 1 saturated carbocycles. The standard InChI is InChI=1S/C10H20O/c1-7-5-9(3)10(11-4)6-8(7)2/h7-10H,5-6H2,1-4H3/t7?,8-,9-,10?/m1/s1. The summed E-state index contributed by atoms with van der Waals surface area (Å²) >= 11 is 0. The van der Waals surface area contributed by atoms with Gasteiger partial charge in [-0.25, -0.2) is 0 Å². The first kappa shape index (κ1) is 9.05. The number of ether oxygens (including phenoxy) is 1. The Hall–Kier alpha value is -0.0400. The van der Waals surface area contributed by atoms with Crippen LogP contribution in [0.15, 0.2) is 0 Å². The summed E-state index contributed by atoms with van der Waals surface area (Å²) in [6, 6.07) is 0. The van der Waals surface area contributed by atoms with Crippen LogP contribution in [0.5, 0.6) is 0 Å². The summed E-state index contributed by atoms with van der Waals surface area (Å²) in [6.45, 7) is 6.99. The SMILES string of the molecule is COC1C[C@@H](C)C(C)C[C@H]1C. The van der Waals surface area contributed by atoms with E-state index in [1.54, 1.807) is 0 Å². The van der Waals surface area contributed by atoms with E-state index in [9.17, 15) is 0 Å². The lowest BCUT2D eigenvalue weighted by Gasteiger charge is -2.36. The molecule has 0 aromatic carbocycles. The molecule has 1 aliphatic rings. The third kappa shape index (κ3) is 1.96. The van der Waals surface area contributed by atoms with Gasteiger partial charge in [0.2, 0.25) is 0 Å². The van der Waals surface area contributed by atoms with Crippen LogP contribution in [0.1, 0.15) is 33.6 Å². The van der Waals surface area contributed by atoms with Gasteiger partial charge in [0.25, 0.3) is 0 Å². The Balaban J connectivity index is 2.48. The molecule has 0 amide bonds. The highest BCUT2D eigenvalue weighted by atomic mass is 16.5. The van der Waals surface area contributed by atoms with Gasteiger partial charge in [0.05, 0.1) is 6.10 Å². The predicted octanol–water partition coefficient (Wildman–Crippen LogP) is 2.70. The maximum absolute atomic E-state index is 5.42. The number of rotatable bonds is 1. The summed E-state index contributed by atoms with van der Waals surface area (Å²) < 4.78 is 5.42. The van der Waals surface area contributed by atoms with Crippen LogP contribution in [0.4, 0.5) is 0 Å². The molecular formula is C10H20O. The first-order valence-corrected chi connectivity index (χ1v) is 4.68. The monoisotopic (exact) mass is 156 g/mol. The molecular weight excluding hydrogens is 136 g/mol. The lowest BCUT2D eigenvalue weighted by Crippen LogP contribution is -2.32. The normalized spacial score (nSPS) is 45.8. The predicted molar refractivity (Wildman–Crippen MR) is 47.5 cm³/mol. The molecule has 0 bridgehead atoms. The molecule has 0 radical (unpaired) electrons. The zero-order valence-electron chi connectivity index (χ0n) is 8.13. The molecule has 0 aromatic heterocycles. The van der Waals surface area contributed by atoms with Crippen LogP contribution in [0.2, 0.25) is 0 Å². The topological polar surface area (TPSA) is 9.23 Å². The summed E-state index contributed by atoms with van der Waals surface area (Å²) in [5.41, 5.74) is 0. The molecule has 1 aliphatic carbocycles. The molecule has 0 heterocycles. The minimum Gasteiger partial charge on any atom is -0.381 e. The van der Waals surface area contributed by atoms with Crippen LogP contribution < -0.4 is 0 Å². The van der Waals surface area contributed by atoms with Crippen LogP contribution in [-0.2, 0) is 4.74 Å². The Bertz CT molecular complexity index is 122. The van der Waals surface area contributed by atoms with Crippen molar-refractivity contribution in [1.82, 2.24) is 0 Å². The molecule has 0 saturated heterocycles. The molecule has 1 nitrogen and oxygen atoms in total. The van der Waals surface area contributed by atoms with E-state index in [0.717, 1.165) is 17.8 Å². The lowest BCUT2D eigenvalue weighted by molar-refractivity contribution is -0.00333. The second kappa shape index (κ2) is 3.57. The van der Waals surface area contributed by atoms with E-state index in [2.05, 4.69) is 20.8 Å². The van der Waals surface area contributed by atoms with Crippen molar-refractivity contribution in [2.24, 2.45) is 17.8 Å². The van der Waals surface area contributed by atoms with Crippen molar-refractivity contribution >= 4 is 0 Å². The minimum atomic E-state index is 0.515. The Labute approximate surface area is 70.1 Å². The van der Waals surface area contributed by atoms with Gasteiger partial charge in [0, 0.05) is 7.11 Å². The lowest BCUT2D eigenvalue weighted by atomic mass is 9.75. The van der Waals surface area contributed by atoms with Crippen molar-refractivity contribution in [2.45, 2.75) is 39.7 Å². The van der Waals surface area contributed by atoms with Gasteiger partial charge in [0.1, 0.15) is 0 Å². The van der Waals surface area contributed by atoms with E-state index >= 15 is 0 Å². The molecule has 0 N–H and O–H groups in total. The highest BCUT2D eigenvalue weighted by Crippen LogP contribution is 2.34. The van der Waals surface area contributed by atoms with Crippen LogP contribution in [0.25, 0.3) is 0 Å². The average molecular weight is 156 g/mol. The van der Waals surface area contributed by atoms with Crippen LogP contribution in [0.3, 0.4) is 0 Å². The quantitative estimate of drug-likeness (QED) is 0.567. The molecule has 0 aliphatic heterocycles. The van der Waals surface area contributed by atoms with Gasteiger partial charge in [-0.1, -0.05) is 20.8 Å². The zero-order chi connectivity index (χ0) is 8.43. The maximum Gasteiger partial charge on any atom is 0.0599 e. The van der Waals surface area contributed by atoms with E-state index in [1.165, 1.54) is 12.8 Å². The highest BCUT2D eigenvalue weighted by molar-refractivity contribution is 4.80. The fraction of sp³-hybridized carbons (Fsp3) is 1.00. The molecule has 4 atom stereocenters. The molecule has 1 fully saturated rings. The van der Waals surface area contributed by atoms with Crippen LogP contribution >= 0.6 is 0 Å². The Kier molecular flexibility index (Phi) is 2.94. The van der Waals surface area contributed by atoms with E-state index in [-0.39, 0.29) is 0 Å². The maximum atomic E-state index is 5.42. The Morgan fingerprint density at radius 3 is 2.00 bits per heavy atom. The van der Waals surface area contributed by atoms with Gasteiger partial charge < -0.3 is 4.74 Å². The van der Waals surface area contributed by atoms with Crippen molar-refractivity contribution < 1.29 is 4.74 Å². The van der Waals surface area contributed by atoms with E-state index < -0.39 is 0 Å². The fourth-order valence-electron chi connectivity index (χ4n) is 2.13. The Morgan fingerprint density at radius 1 is 0.909 bits per heavy atom. The van der Waals surface area contributed by atoms with Gasteiger partial charge in [-0.2, -0.15) is 0 Å². The second-order valence-corrected chi connectivity index (χ2v) is 4.18. The summed E-state index contributed by atoms with van der Waals surface area (Å²) in [6.07, 6.45) is 3.10. The van der Waals surface area contributed by atoms with E-state index in [1.807, 2.05) is 7.11 Å². The molecule has 0 aromatic rings. The Morgan fingerprint density at radius 2 is 1.45 bits per heavy atom. The smallest absolute Gasteiger partial charge is 0.0599 e. The molecule has 0 spiro atoms. The summed E-state index contributed by atoms with van der Waals surface area (Å²) in [5, 5.41) is 0. The van der Waals surface area contributed by atoms with Crippen molar-refractivity contribution in [3.8, 4) is 0 Å². The number of methoxy groups -OCH3 is 1. The van der Waals surface area contributed by atoms with Crippen LogP contribution in [0, 0.1) is 17.8 Å². The second-order valence-electron chi connectivity index (χ2n) is 4.18. The van der Waals surface area contributed by atoms with Crippen molar-refractivity contribution in [1.29, 1.82) is 0 Å². The average Bonchev–Trinajstić information content (AvgIpc) is 1.97. The highest BCUT2D eigenvalue weighted by Gasteiger charge is 2.29. The van der Waals surface area contributed by atoms with Gasteiger partial charge in [-0.05, 0) is 30.6 Å². The fourth-order valence-corrected chi connectivity index (χ4v) is 2.13. The third-order valence-electron chi connectivity index (χ3n) is 3.26. The van der Waals surface area contributed by atoms with Gasteiger partial charge >= 0.3 is 0 Å². The van der Waals surface area contributed by atoms with Crippen molar-refractivity contribution in [2.75, 3.05) is 7.11 Å². The minimum absolute atomic E-state index is 0.515. The van der Waals surface area contributed by atoms with E-state index in [4.69, 9.17) is 4.74 Å². The largest absolute Gasteiger partial charge is 0.381 e. The van der Waals surface area contributed by atoms with E-state index in [0.29, 0.717) is 6.10 Å². The molecule has 66 valence electrons. The van der Waals surface area contributed by atoms with Crippen LogP contribution in [-0.4, -0.2) is 13.2 Å². The zero-order valence-corrected chi connectivity index (χ0v) is 8.13. The molecule has 1 rings (SSSR count). The molecule has 2 unspecified atom stereocenters. The summed E-state index contributed by atoms with van der Waals surface area (Å²) in [4.78, 5) is 0. The first-order valence-electron chi connectivity index (χ1n) is 4.68. The molecule has 1 heteroatoms. The number of hydrogen-bond acceptors (Lipinski definition) is 1. The third-order valence-corrected chi connectivity index (χ3v) is 3.26. The molecule has 11 heavy (non-hydrogen) atoms. The van der Waals surface area contributed by atoms with Gasteiger partial charge in [0.15, 0.2) is 0 Å². The van der Waals surface area contributed by atoms with Crippen molar-refractivity contribution in [3.05, 3.63) is 0 Å². The summed E-state index contributed by atoms with van der Waals surface area (Å²) in [5.74, 6) is 2.48. The van der Waals surface area contributed by atoms with Gasteiger partial charge in [-0.15, -0.1) is 0 Å². The summed E-state index contributed by atoms with van der Waals surface area (Å²) in [7, 11) is 1.84.